The van der Waals surface area contributed by atoms with Gasteiger partial charge in [0.15, 0.2) is 6.10 Å². The van der Waals surface area contributed by atoms with E-state index in [-0.39, 0.29) is 31.1 Å². The van der Waals surface area contributed by atoms with Crippen molar-refractivity contribution in [3.05, 3.63) is 97.2 Å². The third kappa shape index (κ3) is 69.0. The summed E-state index contributed by atoms with van der Waals surface area (Å²) in [6.07, 6.45) is 95.8. The summed E-state index contributed by atoms with van der Waals surface area (Å²) >= 11 is 0. The van der Waals surface area contributed by atoms with Crippen LogP contribution in [0.5, 0.6) is 0 Å². The van der Waals surface area contributed by atoms with E-state index in [0.29, 0.717) is 19.3 Å². The minimum atomic E-state index is -0.792. The van der Waals surface area contributed by atoms with Gasteiger partial charge in [-0.3, -0.25) is 14.4 Å². The number of ether oxygens (including phenoxy) is 3. The van der Waals surface area contributed by atoms with E-state index in [1.54, 1.807) is 0 Å². The van der Waals surface area contributed by atoms with Crippen LogP contribution in [0.1, 0.15) is 355 Å². The van der Waals surface area contributed by atoms with Gasteiger partial charge in [0.25, 0.3) is 0 Å². The molecule has 0 N–H and O–H groups in total. The zero-order valence-corrected chi connectivity index (χ0v) is 54.9. The van der Waals surface area contributed by atoms with Gasteiger partial charge >= 0.3 is 17.9 Å². The highest BCUT2D eigenvalue weighted by atomic mass is 16.6. The molecule has 0 heterocycles. The number of allylic oxidation sites excluding steroid dienone is 16. The average molecular weight is 1160 g/mol. The van der Waals surface area contributed by atoms with Crippen LogP contribution < -0.4 is 0 Å². The lowest BCUT2D eigenvalue weighted by Gasteiger charge is -2.18. The van der Waals surface area contributed by atoms with E-state index in [1.807, 2.05) is 0 Å². The molecule has 6 heteroatoms. The lowest BCUT2D eigenvalue weighted by atomic mass is 10.0. The molecule has 0 aliphatic carbocycles. The Labute approximate surface area is 515 Å². The lowest BCUT2D eigenvalue weighted by Crippen LogP contribution is -2.30. The van der Waals surface area contributed by atoms with Gasteiger partial charge in [-0.1, -0.05) is 336 Å². The molecule has 83 heavy (non-hydrogen) atoms. The molecule has 0 aromatic rings. The van der Waals surface area contributed by atoms with Crippen LogP contribution >= 0.6 is 0 Å². The van der Waals surface area contributed by atoms with Gasteiger partial charge in [-0.05, 0) is 96.3 Å². The molecule has 0 aliphatic rings. The molecule has 1 atom stereocenters. The molecule has 0 rings (SSSR count). The van der Waals surface area contributed by atoms with Crippen LogP contribution in [0.2, 0.25) is 0 Å². The van der Waals surface area contributed by atoms with E-state index in [2.05, 4.69) is 118 Å². The molecule has 478 valence electrons. The Kier molecular flexibility index (Phi) is 67.7. The fourth-order valence-electron chi connectivity index (χ4n) is 10.3. The zero-order valence-electron chi connectivity index (χ0n) is 54.9. The van der Waals surface area contributed by atoms with E-state index in [1.165, 1.54) is 193 Å². The van der Waals surface area contributed by atoms with Crippen molar-refractivity contribution in [1.82, 2.24) is 0 Å². The van der Waals surface area contributed by atoms with Crippen LogP contribution in [0.15, 0.2) is 97.2 Å². The highest BCUT2D eigenvalue weighted by molar-refractivity contribution is 5.71. The van der Waals surface area contributed by atoms with Crippen molar-refractivity contribution in [1.29, 1.82) is 0 Å². The Bertz CT molecular complexity index is 1610. The maximum Gasteiger partial charge on any atom is 0.306 e. The molecular formula is C77H134O6. The Balaban J connectivity index is 4.35. The van der Waals surface area contributed by atoms with Crippen LogP contribution in [-0.2, 0) is 28.6 Å². The molecule has 6 nitrogen and oxygen atoms in total. The number of hydrogen-bond acceptors (Lipinski definition) is 6. The van der Waals surface area contributed by atoms with Crippen molar-refractivity contribution >= 4 is 17.9 Å². The second kappa shape index (κ2) is 70.8. The maximum atomic E-state index is 13.0. The zero-order chi connectivity index (χ0) is 59.9. The van der Waals surface area contributed by atoms with Gasteiger partial charge in [-0.2, -0.15) is 0 Å². The van der Waals surface area contributed by atoms with Crippen molar-refractivity contribution in [3.8, 4) is 0 Å². The van der Waals surface area contributed by atoms with Crippen molar-refractivity contribution < 1.29 is 28.6 Å². The standard InChI is InChI=1S/C77H134O6/c1-4-7-10-13-16-19-22-25-28-31-33-35-37-38-40-41-43-46-49-52-55-58-61-64-67-70-76(79)82-73-74(72-81-75(78)69-66-63-60-57-54-51-48-45-30-27-24-21-18-15-12-9-6-3)83-77(80)71-68-65-62-59-56-53-50-47-44-42-39-36-34-32-29-26-23-20-17-14-11-8-5-2/h8-9,11-12,17-18,20-21,26-27,29-30,34,36,48,51,74H,4-7,10,13-16,19,22-25,28,31-33,35,37-47,49-50,52-73H2,1-3H3/b11-8-,12-9-,20-17-,21-18-,29-26-,30-27-,36-34-,51-48-. The van der Waals surface area contributed by atoms with E-state index in [0.717, 1.165) is 122 Å². The third-order valence-corrected chi connectivity index (χ3v) is 15.6. The Hall–Kier alpha value is -3.67. The molecule has 0 amide bonds. The maximum absolute atomic E-state index is 13.0. The lowest BCUT2D eigenvalue weighted by molar-refractivity contribution is -0.167. The molecule has 0 bridgehead atoms. The summed E-state index contributed by atoms with van der Waals surface area (Å²) in [6.45, 7) is 6.44. The van der Waals surface area contributed by atoms with Crippen LogP contribution in [-0.4, -0.2) is 37.2 Å². The predicted molar refractivity (Wildman–Crippen MR) is 362 cm³/mol. The molecule has 0 saturated carbocycles. The van der Waals surface area contributed by atoms with Crippen molar-refractivity contribution in [2.75, 3.05) is 13.2 Å². The number of carbonyl (C=O) groups excluding carboxylic acids is 3. The first-order valence-corrected chi connectivity index (χ1v) is 35.7. The monoisotopic (exact) mass is 1160 g/mol. The summed E-state index contributed by atoms with van der Waals surface area (Å²) in [5.74, 6) is -0.895. The van der Waals surface area contributed by atoms with Gasteiger partial charge in [0, 0.05) is 19.3 Å². The molecule has 1 unspecified atom stereocenters. The molecule has 0 fully saturated rings. The van der Waals surface area contributed by atoms with Gasteiger partial charge in [0.2, 0.25) is 0 Å². The number of carbonyl (C=O) groups is 3. The fraction of sp³-hybridized carbons (Fsp3) is 0.753. The third-order valence-electron chi connectivity index (χ3n) is 15.6. The Morgan fingerprint density at radius 1 is 0.253 bits per heavy atom. The smallest absolute Gasteiger partial charge is 0.306 e. The SMILES string of the molecule is CC/C=C\C/C=C\C/C=C\C/C=C\CCCCCCCCCCCCC(=O)OC(COC(=O)CCCCCC/C=C\C/C=C\C/C=C\C/C=C\CC)COC(=O)CCCCCCCCCCCCCCCCCCCCCCCCCCC. The summed E-state index contributed by atoms with van der Waals surface area (Å²) in [4.78, 5) is 38.5. The van der Waals surface area contributed by atoms with E-state index < -0.39 is 6.10 Å². The number of rotatable bonds is 65. The summed E-state index contributed by atoms with van der Waals surface area (Å²) < 4.78 is 17.0. The van der Waals surface area contributed by atoms with Crippen molar-refractivity contribution in [3.63, 3.8) is 0 Å². The van der Waals surface area contributed by atoms with Crippen LogP contribution in [0.4, 0.5) is 0 Å². The number of hydrogen-bond donors (Lipinski definition) is 0. The summed E-state index contributed by atoms with van der Waals surface area (Å²) in [5.41, 5.74) is 0. The largest absolute Gasteiger partial charge is 0.462 e. The summed E-state index contributed by atoms with van der Waals surface area (Å²) in [6, 6.07) is 0. The normalized spacial score (nSPS) is 12.7. The number of unbranched alkanes of at least 4 members (excludes halogenated alkanes) is 38. The molecule has 0 radical (unpaired) electrons. The van der Waals surface area contributed by atoms with E-state index >= 15 is 0 Å². The first-order valence-electron chi connectivity index (χ1n) is 35.7. The Morgan fingerprint density at radius 3 is 0.735 bits per heavy atom. The topological polar surface area (TPSA) is 78.9 Å². The second-order valence-electron chi connectivity index (χ2n) is 23.7. The van der Waals surface area contributed by atoms with Gasteiger partial charge in [-0.15, -0.1) is 0 Å². The van der Waals surface area contributed by atoms with Crippen LogP contribution in [0.3, 0.4) is 0 Å². The quantitative estimate of drug-likeness (QED) is 0.0261. The molecule has 0 aromatic carbocycles. The highest BCUT2D eigenvalue weighted by Gasteiger charge is 2.19. The van der Waals surface area contributed by atoms with Crippen LogP contribution in [0.25, 0.3) is 0 Å². The first-order chi connectivity index (χ1) is 41.0. The number of esters is 3. The minimum Gasteiger partial charge on any atom is -0.462 e. The molecule has 0 spiro atoms. The fourth-order valence-corrected chi connectivity index (χ4v) is 10.3. The summed E-state index contributed by atoms with van der Waals surface area (Å²) in [7, 11) is 0. The summed E-state index contributed by atoms with van der Waals surface area (Å²) in [5, 5.41) is 0. The highest BCUT2D eigenvalue weighted by Crippen LogP contribution is 2.18. The molecule has 0 aromatic heterocycles. The van der Waals surface area contributed by atoms with E-state index in [9.17, 15) is 14.4 Å². The minimum absolute atomic E-state index is 0.0843. The van der Waals surface area contributed by atoms with Gasteiger partial charge in [0.1, 0.15) is 13.2 Å². The first kappa shape index (κ1) is 79.3. The van der Waals surface area contributed by atoms with Gasteiger partial charge in [-0.25, -0.2) is 0 Å². The van der Waals surface area contributed by atoms with Crippen molar-refractivity contribution in [2.45, 2.75) is 361 Å². The van der Waals surface area contributed by atoms with Crippen LogP contribution in [0, 0.1) is 0 Å². The molecule has 0 saturated heterocycles. The predicted octanol–water partition coefficient (Wildman–Crippen LogP) is 24.8. The van der Waals surface area contributed by atoms with E-state index in [4.69, 9.17) is 14.2 Å². The van der Waals surface area contributed by atoms with Crippen molar-refractivity contribution in [2.24, 2.45) is 0 Å². The average Bonchev–Trinajstić information content (AvgIpc) is 3.49. The molecule has 0 aliphatic heterocycles. The van der Waals surface area contributed by atoms with Gasteiger partial charge < -0.3 is 14.2 Å². The Morgan fingerprint density at radius 2 is 0.470 bits per heavy atom. The molecular weight excluding hydrogens is 1020 g/mol. The second-order valence-corrected chi connectivity index (χ2v) is 23.7. The van der Waals surface area contributed by atoms with Gasteiger partial charge in [0.05, 0.1) is 0 Å².